The molecule has 0 bridgehead atoms. The summed E-state index contributed by atoms with van der Waals surface area (Å²) >= 11 is 5.87. The average Bonchev–Trinajstić information content (AvgIpc) is 1.88. The largest absolute Gasteiger partial charge is 0.302 e. The number of hydrogen-bond acceptors (Lipinski definition) is 1. The zero-order chi connectivity index (χ0) is 7.40. The number of nitrogens with zero attached hydrogens (tertiary/aromatic N) is 1. The third-order valence-electron chi connectivity index (χ3n) is 1.96. The van der Waals surface area contributed by atoms with E-state index in [1.807, 2.05) is 0 Å². The van der Waals surface area contributed by atoms with Crippen molar-refractivity contribution in [2.24, 2.45) is 0 Å². The summed E-state index contributed by atoms with van der Waals surface area (Å²) in [6.45, 7) is 5.66. The first-order chi connectivity index (χ1) is 4.79. The molecule has 1 aliphatic heterocycles. The van der Waals surface area contributed by atoms with Gasteiger partial charge >= 0.3 is 0 Å². The van der Waals surface area contributed by atoms with Crippen LogP contribution in [0.4, 0.5) is 0 Å². The van der Waals surface area contributed by atoms with Gasteiger partial charge in [-0.25, -0.2) is 0 Å². The van der Waals surface area contributed by atoms with Gasteiger partial charge in [-0.1, -0.05) is 6.42 Å². The highest BCUT2D eigenvalue weighted by Crippen LogP contribution is 2.09. The molecule has 0 spiro atoms. The molecule has 1 aliphatic rings. The Bertz CT molecular complexity index is 87.3. The van der Waals surface area contributed by atoms with Crippen LogP contribution < -0.4 is 0 Å². The van der Waals surface area contributed by atoms with Gasteiger partial charge < -0.3 is 4.90 Å². The molecule has 2 heteroatoms. The molecule has 1 heterocycles. The summed E-state index contributed by atoms with van der Waals surface area (Å²) in [6.07, 6.45) is 4.14. The van der Waals surface area contributed by atoms with E-state index in [9.17, 15) is 0 Å². The Morgan fingerprint density at radius 1 is 1.30 bits per heavy atom. The number of rotatable bonds is 2. The lowest BCUT2D eigenvalue weighted by Crippen LogP contribution is -2.33. The molecule has 0 amide bonds. The van der Waals surface area contributed by atoms with Gasteiger partial charge in [-0.2, -0.15) is 0 Å². The topological polar surface area (TPSA) is 3.24 Å². The van der Waals surface area contributed by atoms with Crippen molar-refractivity contribution < 1.29 is 0 Å². The van der Waals surface area contributed by atoms with E-state index in [4.69, 9.17) is 11.6 Å². The van der Waals surface area contributed by atoms with Gasteiger partial charge in [0, 0.05) is 11.9 Å². The molecule has 1 nitrogen and oxygen atoms in total. The van der Waals surface area contributed by atoms with Crippen molar-refractivity contribution >= 4 is 11.6 Å². The fraction of sp³-hybridized carbons (Fsp3) is 1.00. The number of piperidine rings is 1. The summed E-state index contributed by atoms with van der Waals surface area (Å²) in [5, 5.41) is 0.318. The number of hydrogen-bond donors (Lipinski definition) is 0. The smallest absolute Gasteiger partial charge is 0.0435 e. The standard InChI is InChI=1S/C8H16ClN/c1-8(9)7-10-5-3-2-4-6-10/h8H,2-7H2,1H3/t8-/m0/s1. The zero-order valence-corrected chi connectivity index (χ0v) is 7.40. The van der Waals surface area contributed by atoms with E-state index >= 15 is 0 Å². The fourth-order valence-electron chi connectivity index (χ4n) is 1.50. The quantitative estimate of drug-likeness (QED) is 0.561. The van der Waals surface area contributed by atoms with E-state index < -0.39 is 0 Å². The van der Waals surface area contributed by atoms with Crippen LogP contribution in [-0.2, 0) is 0 Å². The van der Waals surface area contributed by atoms with E-state index in [2.05, 4.69) is 11.8 Å². The maximum Gasteiger partial charge on any atom is 0.0435 e. The molecule has 10 heavy (non-hydrogen) atoms. The van der Waals surface area contributed by atoms with Gasteiger partial charge in [0.25, 0.3) is 0 Å². The lowest BCUT2D eigenvalue weighted by molar-refractivity contribution is 0.231. The zero-order valence-electron chi connectivity index (χ0n) is 6.65. The molecule has 0 aromatic rings. The number of likely N-dealkylation sites (tertiary alicyclic amines) is 1. The van der Waals surface area contributed by atoms with Crippen LogP contribution in [0, 0.1) is 0 Å². The summed E-state index contributed by atoms with van der Waals surface area (Å²) in [5.41, 5.74) is 0. The van der Waals surface area contributed by atoms with Crippen LogP contribution in [0.2, 0.25) is 0 Å². The van der Waals surface area contributed by atoms with Gasteiger partial charge in [0.1, 0.15) is 0 Å². The highest BCUT2D eigenvalue weighted by Gasteiger charge is 2.10. The Kier molecular flexibility index (Phi) is 3.50. The highest BCUT2D eigenvalue weighted by molar-refractivity contribution is 6.20. The molecule has 1 atom stereocenters. The molecular formula is C8H16ClN. The second kappa shape index (κ2) is 4.20. The maximum absolute atomic E-state index is 5.87. The number of alkyl halides is 1. The Morgan fingerprint density at radius 3 is 2.40 bits per heavy atom. The van der Waals surface area contributed by atoms with Crippen LogP contribution in [0.25, 0.3) is 0 Å². The molecule has 0 radical (unpaired) electrons. The van der Waals surface area contributed by atoms with E-state index in [1.54, 1.807) is 0 Å². The minimum Gasteiger partial charge on any atom is -0.302 e. The Labute approximate surface area is 68.4 Å². The minimum absolute atomic E-state index is 0.318. The first-order valence-corrected chi connectivity index (χ1v) is 4.59. The van der Waals surface area contributed by atoms with Gasteiger partial charge in [-0.05, 0) is 32.9 Å². The van der Waals surface area contributed by atoms with Crippen LogP contribution in [0.1, 0.15) is 26.2 Å². The van der Waals surface area contributed by atoms with Gasteiger partial charge in [-0.15, -0.1) is 11.6 Å². The second-order valence-corrected chi connectivity index (χ2v) is 3.89. The molecule has 0 aromatic carbocycles. The summed E-state index contributed by atoms with van der Waals surface area (Å²) in [5.74, 6) is 0. The van der Waals surface area contributed by atoms with Gasteiger partial charge in [0.05, 0.1) is 0 Å². The van der Waals surface area contributed by atoms with Crippen molar-refractivity contribution in [1.29, 1.82) is 0 Å². The third kappa shape index (κ3) is 2.89. The molecule has 60 valence electrons. The molecule has 0 N–H and O–H groups in total. The molecule has 1 rings (SSSR count). The molecule has 1 fully saturated rings. The van der Waals surface area contributed by atoms with E-state index in [1.165, 1.54) is 32.4 Å². The van der Waals surface area contributed by atoms with Crippen molar-refractivity contribution in [2.45, 2.75) is 31.6 Å². The fourth-order valence-corrected chi connectivity index (χ4v) is 1.69. The van der Waals surface area contributed by atoms with Crippen molar-refractivity contribution in [1.82, 2.24) is 4.90 Å². The van der Waals surface area contributed by atoms with Crippen LogP contribution >= 0.6 is 11.6 Å². The second-order valence-electron chi connectivity index (χ2n) is 3.14. The SMILES string of the molecule is C[C@H](Cl)CN1CCCCC1. The van der Waals surface area contributed by atoms with E-state index in [0.717, 1.165) is 6.54 Å². The maximum atomic E-state index is 5.87. The lowest BCUT2D eigenvalue weighted by Gasteiger charge is -2.27. The highest BCUT2D eigenvalue weighted by atomic mass is 35.5. The van der Waals surface area contributed by atoms with Crippen LogP contribution in [0.3, 0.4) is 0 Å². The summed E-state index contributed by atoms with van der Waals surface area (Å²) in [6, 6.07) is 0. The summed E-state index contributed by atoms with van der Waals surface area (Å²) in [7, 11) is 0. The van der Waals surface area contributed by atoms with Crippen molar-refractivity contribution in [2.75, 3.05) is 19.6 Å². The average molecular weight is 162 g/mol. The minimum atomic E-state index is 0.318. The Morgan fingerprint density at radius 2 is 1.90 bits per heavy atom. The normalized spacial score (nSPS) is 24.6. The van der Waals surface area contributed by atoms with Crippen molar-refractivity contribution in [3.05, 3.63) is 0 Å². The first kappa shape index (κ1) is 8.35. The summed E-state index contributed by atoms with van der Waals surface area (Å²) < 4.78 is 0. The Balaban J connectivity index is 2.13. The monoisotopic (exact) mass is 161 g/mol. The first-order valence-electron chi connectivity index (χ1n) is 4.15. The van der Waals surface area contributed by atoms with Crippen LogP contribution in [0.5, 0.6) is 0 Å². The van der Waals surface area contributed by atoms with Gasteiger partial charge in [0.2, 0.25) is 0 Å². The molecular weight excluding hydrogens is 146 g/mol. The molecule has 0 aliphatic carbocycles. The molecule has 0 saturated carbocycles. The lowest BCUT2D eigenvalue weighted by atomic mass is 10.1. The van der Waals surface area contributed by atoms with Crippen molar-refractivity contribution in [3.63, 3.8) is 0 Å². The number of halogens is 1. The molecule has 0 unspecified atom stereocenters. The van der Waals surface area contributed by atoms with Crippen molar-refractivity contribution in [3.8, 4) is 0 Å². The van der Waals surface area contributed by atoms with E-state index in [0.29, 0.717) is 5.38 Å². The van der Waals surface area contributed by atoms with Crippen LogP contribution in [-0.4, -0.2) is 29.9 Å². The molecule has 1 saturated heterocycles. The predicted molar refractivity (Wildman–Crippen MR) is 45.6 cm³/mol. The van der Waals surface area contributed by atoms with E-state index in [-0.39, 0.29) is 0 Å². The van der Waals surface area contributed by atoms with Gasteiger partial charge in [0.15, 0.2) is 0 Å². The third-order valence-corrected chi connectivity index (χ3v) is 2.10. The summed E-state index contributed by atoms with van der Waals surface area (Å²) in [4.78, 5) is 2.46. The predicted octanol–water partition coefficient (Wildman–Crippen LogP) is 2.10. The molecule has 0 aromatic heterocycles. The van der Waals surface area contributed by atoms with Gasteiger partial charge in [-0.3, -0.25) is 0 Å². The van der Waals surface area contributed by atoms with Crippen LogP contribution in [0.15, 0.2) is 0 Å². The Hall–Kier alpha value is 0.250.